The van der Waals surface area contributed by atoms with Crippen molar-refractivity contribution in [3.05, 3.63) is 87.8 Å². The minimum Gasteiger partial charge on any atom is -0.392 e. The van der Waals surface area contributed by atoms with E-state index in [4.69, 9.17) is 0 Å². The maximum absolute atomic E-state index is 12.9. The molecule has 36 heavy (non-hydrogen) atoms. The second kappa shape index (κ2) is 13.1. The Morgan fingerprint density at radius 2 is 1.72 bits per heavy atom. The van der Waals surface area contributed by atoms with E-state index in [1.165, 1.54) is 11.3 Å². The fraction of sp³-hybridized carbons (Fsp3) is 0.296. The second-order valence-electron chi connectivity index (χ2n) is 8.82. The molecule has 0 radical (unpaired) electrons. The van der Waals surface area contributed by atoms with Crippen molar-refractivity contribution in [3.8, 4) is 0 Å². The van der Waals surface area contributed by atoms with Crippen LogP contribution in [0.3, 0.4) is 0 Å². The molecule has 0 saturated carbocycles. The summed E-state index contributed by atoms with van der Waals surface area (Å²) in [5.41, 5.74) is 6.14. The Morgan fingerprint density at radius 3 is 2.39 bits per heavy atom. The third-order valence-electron chi connectivity index (χ3n) is 5.23. The van der Waals surface area contributed by atoms with Crippen LogP contribution in [0.2, 0.25) is 0 Å². The predicted octanol–water partition coefficient (Wildman–Crippen LogP) is 3.64. The zero-order valence-electron chi connectivity index (χ0n) is 20.6. The van der Waals surface area contributed by atoms with Crippen LogP contribution in [0.25, 0.3) is 0 Å². The van der Waals surface area contributed by atoms with Crippen molar-refractivity contribution in [3.63, 3.8) is 0 Å². The topological polar surface area (TPSA) is 114 Å². The molecule has 2 unspecified atom stereocenters. The van der Waals surface area contributed by atoms with Crippen molar-refractivity contribution in [2.45, 2.75) is 39.5 Å². The van der Waals surface area contributed by atoms with Gasteiger partial charge in [-0.25, -0.2) is 5.43 Å². The number of hydrazone groups is 1. The lowest BCUT2D eigenvalue weighted by Gasteiger charge is -2.25. The number of rotatable bonds is 11. The molecule has 9 heteroatoms. The van der Waals surface area contributed by atoms with Gasteiger partial charge in [-0.1, -0.05) is 42.0 Å². The van der Waals surface area contributed by atoms with Crippen molar-refractivity contribution >= 4 is 34.4 Å². The maximum Gasteiger partial charge on any atom is 0.274 e. The summed E-state index contributed by atoms with van der Waals surface area (Å²) in [7, 11) is 0. The molecule has 2 amide bonds. The first-order valence-electron chi connectivity index (χ1n) is 11.7. The number of carbonyl (C=O) groups is 2. The van der Waals surface area contributed by atoms with Gasteiger partial charge in [0.2, 0.25) is 0 Å². The average Bonchev–Trinajstić information content (AvgIpc) is 3.28. The number of aliphatic hydroxyl groups excluding tert-OH is 2. The quantitative estimate of drug-likeness (QED) is 0.233. The summed E-state index contributed by atoms with van der Waals surface area (Å²) in [6.45, 7) is 6.67. The van der Waals surface area contributed by atoms with Crippen molar-refractivity contribution in [2.75, 3.05) is 18.4 Å². The number of benzene rings is 2. The van der Waals surface area contributed by atoms with E-state index in [1.54, 1.807) is 49.7 Å². The summed E-state index contributed by atoms with van der Waals surface area (Å²) in [6, 6.07) is 16.5. The molecule has 190 valence electrons. The second-order valence-corrected chi connectivity index (χ2v) is 9.74. The van der Waals surface area contributed by atoms with E-state index in [9.17, 15) is 19.8 Å². The molecule has 3 rings (SSSR count). The molecule has 3 aromatic rings. The first kappa shape index (κ1) is 27.2. The minimum atomic E-state index is -0.542. The number of amides is 2. The number of hydrogen-bond donors (Lipinski definition) is 4. The van der Waals surface area contributed by atoms with Crippen molar-refractivity contribution in [1.29, 1.82) is 0 Å². The van der Waals surface area contributed by atoms with Crippen LogP contribution in [0.15, 0.2) is 65.1 Å². The molecule has 0 aliphatic heterocycles. The van der Waals surface area contributed by atoms with E-state index in [1.807, 2.05) is 42.2 Å². The highest BCUT2D eigenvalue weighted by molar-refractivity contribution is 7.14. The molecule has 4 N–H and O–H groups in total. The van der Waals surface area contributed by atoms with E-state index in [2.05, 4.69) is 15.8 Å². The third kappa shape index (κ3) is 8.39. The van der Waals surface area contributed by atoms with Crippen molar-refractivity contribution in [1.82, 2.24) is 10.3 Å². The van der Waals surface area contributed by atoms with Gasteiger partial charge in [-0.2, -0.15) is 5.10 Å². The Hall–Kier alpha value is -3.37. The summed E-state index contributed by atoms with van der Waals surface area (Å²) in [5, 5.41) is 28.5. The van der Waals surface area contributed by atoms with Gasteiger partial charge in [-0.05, 0) is 55.5 Å². The van der Waals surface area contributed by atoms with E-state index in [0.29, 0.717) is 35.8 Å². The smallest absolute Gasteiger partial charge is 0.274 e. The van der Waals surface area contributed by atoms with Crippen LogP contribution in [0.4, 0.5) is 5.00 Å². The van der Waals surface area contributed by atoms with Crippen molar-refractivity contribution < 1.29 is 19.8 Å². The number of aryl methyl sites for hydroxylation is 1. The highest BCUT2D eigenvalue weighted by Crippen LogP contribution is 2.24. The lowest BCUT2D eigenvalue weighted by molar-refractivity contribution is 0.0793. The standard InChI is InChI=1S/C27H32N4O4S/c1-18-7-9-21(10-8-18)14-28-30-26(35)24-11-12-36-27(24)29-25(34)23-6-4-5-22(13-23)17-31(15-19(2)32)16-20(3)33/h4-14,19-20,32-33H,15-17H2,1-3H3,(H,29,34)(H,30,35). The first-order valence-corrected chi connectivity index (χ1v) is 12.6. The number of nitrogens with one attached hydrogen (secondary N) is 2. The van der Waals surface area contributed by atoms with Crippen LogP contribution in [0.1, 0.15) is 51.3 Å². The Kier molecular flexibility index (Phi) is 9.89. The number of aliphatic hydroxyl groups is 2. The number of hydrogen-bond acceptors (Lipinski definition) is 7. The molecule has 0 bridgehead atoms. The highest BCUT2D eigenvalue weighted by Gasteiger charge is 2.17. The first-order chi connectivity index (χ1) is 17.2. The Morgan fingerprint density at radius 1 is 1.03 bits per heavy atom. The summed E-state index contributed by atoms with van der Waals surface area (Å²) < 4.78 is 0. The van der Waals surface area contributed by atoms with Crippen LogP contribution in [-0.4, -0.2) is 58.4 Å². The summed E-state index contributed by atoms with van der Waals surface area (Å²) in [5.74, 6) is -0.760. The maximum atomic E-state index is 12.9. The van der Waals surface area contributed by atoms with Crippen LogP contribution in [0, 0.1) is 6.92 Å². The lowest BCUT2D eigenvalue weighted by Crippen LogP contribution is -2.35. The van der Waals surface area contributed by atoms with E-state index in [-0.39, 0.29) is 5.91 Å². The number of thiophene rings is 1. The minimum absolute atomic E-state index is 0.325. The van der Waals surface area contributed by atoms with Gasteiger partial charge in [0.15, 0.2) is 0 Å². The Balaban J connectivity index is 1.64. The van der Waals surface area contributed by atoms with Gasteiger partial charge in [-0.15, -0.1) is 11.3 Å². The van der Waals surface area contributed by atoms with Crippen LogP contribution in [-0.2, 0) is 6.54 Å². The molecule has 0 fully saturated rings. The molecule has 1 heterocycles. The van der Waals surface area contributed by atoms with Crippen LogP contribution >= 0.6 is 11.3 Å². The molecule has 2 atom stereocenters. The largest absolute Gasteiger partial charge is 0.392 e. The van der Waals surface area contributed by atoms with Gasteiger partial charge in [0.1, 0.15) is 5.00 Å². The average molecular weight is 509 g/mol. The number of nitrogens with zero attached hydrogens (tertiary/aromatic N) is 2. The zero-order chi connectivity index (χ0) is 26.1. The monoisotopic (exact) mass is 508 g/mol. The molecule has 1 aromatic heterocycles. The molecule has 8 nitrogen and oxygen atoms in total. The molecule has 0 saturated heterocycles. The number of carbonyl (C=O) groups excluding carboxylic acids is 2. The summed E-state index contributed by atoms with van der Waals surface area (Å²) in [6.07, 6.45) is 0.478. The van der Waals surface area contributed by atoms with E-state index >= 15 is 0 Å². The molecule has 0 aliphatic carbocycles. The summed E-state index contributed by atoms with van der Waals surface area (Å²) >= 11 is 1.25. The van der Waals surface area contributed by atoms with Crippen molar-refractivity contribution in [2.24, 2.45) is 5.10 Å². The molecular weight excluding hydrogens is 476 g/mol. The molecule has 0 aliphatic rings. The fourth-order valence-corrected chi connectivity index (χ4v) is 4.44. The Labute approximate surface area is 215 Å². The number of anilines is 1. The van der Waals surface area contributed by atoms with Gasteiger partial charge in [0, 0.05) is 25.2 Å². The Bertz CT molecular complexity index is 1180. The predicted molar refractivity (Wildman–Crippen MR) is 144 cm³/mol. The third-order valence-corrected chi connectivity index (χ3v) is 6.06. The van der Waals surface area contributed by atoms with Gasteiger partial charge in [-0.3, -0.25) is 14.5 Å². The molecule has 2 aromatic carbocycles. The summed E-state index contributed by atoms with van der Waals surface area (Å²) in [4.78, 5) is 27.5. The SMILES string of the molecule is Cc1ccc(C=NNC(=O)c2ccsc2NC(=O)c2cccc(CN(CC(C)O)CC(C)O)c2)cc1. The lowest BCUT2D eigenvalue weighted by atomic mass is 10.1. The zero-order valence-corrected chi connectivity index (χ0v) is 21.5. The van der Waals surface area contributed by atoms with Crippen LogP contribution < -0.4 is 10.7 Å². The van der Waals surface area contributed by atoms with Crippen LogP contribution in [0.5, 0.6) is 0 Å². The highest BCUT2D eigenvalue weighted by atomic mass is 32.1. The molecular formula is C27H32N4O4S. The van der Waals surface area contributed by atoms with Gasteiger partial charge in [0.25, 0.3) is 11.8 Å². The molecule has 0 spiro atoms. The normalized spacial score (nSPS) is 13.1. The van der Waals surface area contributed by atoms with E-state index in [0.717, 1.165) is 16.7 Å². The van der Waals surface area contributed by atoms with Gasteiger partial charge < -0.3 is 15.5 Å². The van der Waals surface area contributed by atoms with Gasteiger partial charge >= 0.3 is 0 Å². The fourth-order valence-electron chi connectivity index (χ4n) is 3.66. The van der Waals surface area contributed by atoms with Gasteiger partial charge in [0.05, 0.1) is 24.0 Å². The van der Waals surface area contributed by atoms with E-state index < -0.39 is 18.1 Å².